The van der Waals surface area contributed by atoms with Gasteiger partial charge in [0.05, 0.1) is 13.4 Å². The highest BCUT2D eigenvalue weighted by atomic mass is 16.5. The molecular weight excluding hydrogens is 216 g/mol. The number of carbonyl (C=O) groups excluding carboxylic acids is 1. The van der Waals surface area contributed by atoms with Gasteiger partial charge in [0.25, 0.3) is 0 Å². The lowest BCUT2D eigenvalue weighted by atomic mass is 10.1. The first-order chi connectivity index (χ1) is 8.33. The quantitative estimate of drug-likeness (QED) is 0.743. The summed E-state index contributed by atoms with van der Waals surface area (Å²) in [7, 11) is 1.40. The molecule has 88 valence electrons. The summed E-state index contributed by atoms with van der Waals surface area (Å²) in [6.07, 6.45) is 5.28. The summed E-state index contributed by atoms with van der Waals surface area (Å²) in [6, 6.07) is 9.11. The van der Waals surface area contributed by atoms with E-state index in [1.54, 1.807) is 12.5 Å². The lowest BCUT2D eigenvalue weighted by Crippen LogP contribution is -2.35. The molecule has 0 N–H and O–H groups in total. The summed E-state index contributed by atoms with van der Waals surface area (Å²) >= 11 is 0. The third-order valence-corrected chi connectivity index (χ3v) is 2.59. The van der Waals surface area contributed by atoms with Gasteiger partial charge in [-0.1, -0.05) is 30.3 Å². The zero-order valence-corrected chi connectivity index (χ0v) is 9.61. The van der Waals surface area contributed by atoms with E-state index in [0.717, 1.165) is 5.56 Å². The van der Waals surface area contributed by atoms with Crippen molar-refractivity contribution >= 4 is 12.3 Å². The van der Waals surface area contributed by atoms with Gasteiger partial charge < -0.3 is 9.64 Å². The average Bonchev–Trinajstić information content (AvgIpc) is 2.41. The van der Waals surface area contributed by atoms with Crippen molar-refractivity contribution in [2.24, 2.45) is 4.99 Å². The van der Waals surface area contributed by atoms with Crippen LogP contribution in [0.25, 0.3) is 0 Å². The molecule has 0 saturated carbocycles. The number of hydrogen-bond acceptors (Lipinski definition) is 4. The summed E-state index contributed by atoms with van der Waals surface area (Å²) in [5, 5.41) is 0. The lowest BCUT2D eigenvalue weighted by molar-refractivity contribution is -0.145. The minimum atomic E-state index is -0.435. The standard InChI is InChI=1S/C13H14N2O2/c1-17-13(16)12(11-6-3-2-4-7-11)15-9-5-8-14-10-15/h2-8,10,12H,9H2,1H3. The fraction of sp³-hybridized carbons (Fsp3) is 0.231. The number of nitrogens with zero attached hydrogens (tertiary/aromatic N) is 2. The van der Waals surface area contributed by atoms with Crippen molar-refractivity contribution in [1.82, 2.24) is 4.90 Å². The SMILES string of the molecule is COC(=O)C(c1ccccc1)N1C=NC=CC1. The molecular formula is C13H14N2O2. The molecule has 0 amide bonds. The van der Waals surface area contributed by atoms with Gasteiger partial charge >= 0.3 is 5.97 Å². The van der Waals surface area contributed by atoms with Crippen LogP contribution >= 0.6 is 0 Å². The Hall–Kier alpha value is -2.10. The van der Waals surface area contributed by atoms with Gasteiger partial charge in [0.1, 0.15) is 0 Å². The van der Waals surface area contributed by atoms with Gasteiger partial charge in [0.2, 0.25) is 0 Å². The van der Waals surface area contributed by atoms with Crippen LogP contribution in [0, 0.1) is 0 Å². The van der Waals surface area contributed by atoms with E-state index in [0.29, 0.717) is 6.54 Å². The number of ether oxygens (including phenoxy) is 1. The molecule has 4 nitrogen and oxygen atoms in total. The van der Waals surface area contributed by atoms with Crippen LogP contribution in [-0.2, 0) is 9.53 Å². The van der Waals surface area contributed by atoms with Gasteiger partial charge in [-0.15, -0.1) is 0 Å². The van der Waals surface area contributed by atoms with Crippen LogP contribution in [0.5, 0.6) is 0 Å². The molecule has 1 aliphatic rings. The molecule has 0 bridgehead atoms. The Morgan fingerprint density at radius 3 is 2.76 bits per heavy atom. The van der Waals surface area contributed by atoms with Crippen molar-refractivity contribution in [3.05, 3.63) is 48.2 Å². The summed E-state index contributed by atoms with van der Waals surface area (Å²) in [6.45, 7) is 0.651. The van der Waals surface area contributed by atoms with E-state index in [4.69, 9.17) is 4.74 Å². The van der Waals surface area contributed by atoms with E-state index >= 15 is 0 Å². The monoisotopic (exact) mass is 230 g/mol. The first-order valence-corrected chi connectivity index (χ1v) is 5.40. The topological polar surface area (TPSA) is 41.9 Å². The summed E-state index contributed by atoms with van der Waals surface area (Å²) in [5.41, 5.74) is 0.904. The predicted molar refractivity (Wildman–Crippen MR) is 65.5 cm³/mol. The predicted octanol–water partition coefficient (Wildman–Crippen LogP) is 1.76. The van der Waals surface area contributed by atoms with Gasteiger partial charge in [-0.25, -0.2) is 9.79 Å². The molecule has 17 heavy (non-hydrogen) atoms. The largest absolute Gasteiger partial charge is 0.467 e. The molecule has 0 aliphatic carbocycles. The minimum Gasteiger partial charge on any atom is -0.467 e. The van der Waals surface area contributed by atoms with Crippen molar-refractivity contribution in [2.45, 2.75) is 6.04 Å². The van der Waals surface area contributed by atoms with Gasteiger partial charge in [0.15, 0.2) is 6.04 Å². The van der Waals surface area contributed by atoms with Gasteiger partial charge in [-0.05, 0) is 11.6 Å². The van der Waals surface area contributed by atoms with Crippen LogP contribution in [0.2, 0.25) is 0 Å². The number of benzene rings is 1. The third kappa shape index (κ3) is 2.53. The number of rotatable bonds is 3. The second-order valence-electron chi connectivity index (χ2n) is 3.68. The molecule has 0 fully saturated rings. The highest BCUT2D eigenvalue weighted by molar-refractivity contribution is 5.80. The van der Waals surface area contributed by atoms with Crippen LogP contribution in [0.1, 0.15) is 11.6 Å². The second-order valence-corrected chi connectivity index (χ2v) is 3.68. The molecule has 1 heterocycles. The molecule has 1 atom stereocenters. The van der Waals surface area contributed by atoms with Gasteiger partial charge in [-0.3, -0.25) is 0 Å². The van der Waals surface area contributed by atoms with Gasteiger partial charge in [-0.2, -0.15) is 0 Å². The van der Waals surface area contributed by atoms with Gasteiger partial charge in [0, 0.05) is 12.7 Å². The average molecular weight is 230 g/mol. The Morgan fingerprint density at radius 2 is 2.18 bits per heavy atom. The molecule has 0 spiro atoms. The summed E-state index contributed by atoms with van der Waals surface area (Å²) in [5.74, 6) is -0.280. The Balaban J connectivity index is 2.28. The van der Waals surface area contributed by atoms with Crippen molar-refractivity contribution < 1.29 is 9.53 Å². The Morgan fingerprint density at radius 1 is 1.41 bits per heavy atom. The molecule has 1 aromatic carbocycles. The molecule has 1 aliphatic heterocycles. The lowest BCUT2D eigenvalue weighted by Gasteiger charge is -2.28. The van der Waals surface area contributed by atoms with E-state index < -0.39 is 6.04 Å². The fourth-order valence-corrected chi connectivity index (χ4v) is 1.78. The zero-order chi connectivity index (χ0) is 12.1. The van der Waals surface area contributed by atoms with E-state index in [2.05, 4.69) is 4.99 Å². The second kappa shape index (κ2) is 5.30. The maximum atomic E-state index is 11.9. The van der Waals surface area contributed by atoms with Crippen molar-refractivity contribution in [1.29, 1.82) is 0 Å². The van der Waals surface area contributed by atoms with Crippen molar-refractivity contribution in [3.8, 4) is 0 Å². The molecule has 1 unspecified atom stereocenters. The van der Waals surface area contributed by atoms with E-state index in [9.17, 15) is 4.79 Å². The zero-order valence-electron chi connectivity index (χ0n) is 9.61. The summed E-state index contributed by atoms with van der Waals surface area (Å²) < 4.78 is 4.85. The minimum absolute atomic E-state index is 0.280. The summed E-state index contributed by atoms with van der Waals surface area (Å²) in [4.78, 5) is 17.7. The molecule has 0 aromatic heterocycles. The third-order valence-electron chi connectivity index (χ3n) is 2.59. The Kier molecular flexibility index (Phi) is 3.55. The van der Waals surface area contributed by atoms with E-state index in [-0.39, 0.29) is 5.97 Å². The number of esters is 1. The van der Waals surface area contributed by atoms with Crippen LogP contribution in [-0.4, -0.2) is 30.9 Å². The van der Waals surface area contributed by atoms with Crippen LogP contribution < -0.4 is 0 Å². The first-order valence-electron chi connectivity index (χ1n) is 5.40. The Bertz CT molecular complexity index is 440. The Labute approximate surface area is 100 Å². The molecule has 1 aromatic rings. The van der Waals surface area contributed by atoms with Crippen LogP contribution in [0.4, 0.5) is 0 Å². The highest BCUT2D eigenvalue weighted by Crippen LogP contribution is 2.21. The number of aliphatic imine (C=N–C) groups is 1. The number of hydrogen-bond donors (Lipinski definition) is 0. The maximum Gasteiger partial charge on any atom is 0.333 e. The number of carbonyl (C=O) groups is 1. The highest BCUT2D eigenvalue weighted by Gasteiger charge is 2.26. The van der Waals surface area contributed by atoms with E-state index in [1.165, 1.54) is 7.11 Å². The smallest absolute Gasteiger partial charge is 0.333 e. The molecule has 2 rings (SSSR count). The van der Waals surface area contributed by atoms with Crippen molar-refractivity contribution in [2.75, 3.05) is 13.7 Å². The molecule has 4 heteroatoms. The first kappa shape index (κ1) is 11.4. The van der Waals surface area contributed by atoms with E-state index in [1.807, 2.05) is 41.3 Å². The fourth-order valence-electron chi connectivity index (χ4n) is 1.78. The van der Waals surface area contributed by atoms with Crippen LogP contribution in [0.15, 0.2) is 47.6 Å². The molecule has 0 saturated heterocycles. The van der Waals surface area contributed by atoms with Crippen LogP contribution in [0.3, 0.4) is 0 Å². The number of methoxy groups -OCH3 is 1. The molecule has 0 radical (unpaired) electrons. The normalized spacial score (nSPS) is 15.7. The van der Waals surface area contributed by atoms with Crippen molar-refractivity contribution in [3.63, 3.8) is 0 Å². The maximum absolute atomic E-state index is 11.9.